The highest BCUT2D eigenvalue weighted by molar-refractivity contribution is 6.41. The molecule has 1 heterocycles. The molecule has 1 aliphatic heterocycles. The van der Waals surface area contributed by atoms with Crippen LogP contribution in [0.15, 0.2) is 48.5 Å². The predicted molar refractivity (Wildman–Crippen MR) is 91.9 cm³/mol. The maximum atomic E-state index is 12.5. The van der Waals surface area contributed by atoms with Gasteiger partial charge in [-0.25, -0.2) is 0 Å². The predicted octanol–water partition coefficient (Wildman–Crippen LogP) is 2.38. The van der Waals surface area contributed by atoms with Crippen LogP contribution in [0.3, 0.4) is 0 Å². The summed E-state index contributed by atoms with van der Waals surface area (Å²) in [5.41, 5.74) is 2.82. The number of benzene rings is 2. The summed E-state index contributed by atoms with van der Waals surface area (Å²) in [4.78, 5) is 28.1. The molecule has 2 amide bonds. The molecule has 0 atom stereocenters. The van der Waals surface area contributed by atoms with E-state index < -0.39 is 11.8 Å². The minimum atomic E-state index is -0.516. The summed E-state index contributed by atoms with van der Waals surface area (Å²) < 4.78 is 5.30. The highest BCUT2D eigenvalue weighted by Crippen LogP contribution is 2.29. The first-order chi connectivity index (χ1) is 11.6. The summed E-state index contributed by atoms with van der Waals surface area (Å²) >= 11 is 0. The van der Waals surface area contributed by atoms with Gasteiger partial charge in [0, 0.05) is 19.6 Å². The Balaban J connectivity index is 1.76. The van der Waals surface area contributed by atoms with E-state index in [1.54, 1.807) is 24.1 Å². The number of amides is 2. The Morgan fingerprint density at radius 2 is 1.67 bits per heavy atom. The van der Waals surface area contributed by atoms with Crippen LogP contribution in [-0.4, -0.2) is 36.9 Å². The lowest BCUT2D eigenvalue weighted by molar-refractivity contribution is -0.146. The lowest BCUT2D eigenvalue weighted by Crippen LogP contribution is -2.54. The molecule has 0 spiro atoms. The van der Waals surface area contributed by atoms with Gasteiger partial charge in [-0.05, 0) is 24.6 Å². The molecular formula is C19H20N2O3. The zero-order valence-electron chi connectivity index (χ0n) is 13.9. The van der Waals surface area contributed by atoms with E-state index in [1.165, 1.54) is 10.5 Å². The largest absolute Gasteiger partial charge is 0.495 e. The smallest absolute Gasteiger partial charge is 0.316 e. The molecule has 2 aromatic carbocycles. The molecule has 1 aliphatic rings. The first-order valence-electron chi connectivity index (χ1n) is 7.89. The van der Waals surface area contributed by atoms with Gasteiger partial charge in [-0.1, -0.05) is 42.0 Å². The van der Waals surface area contributed by atoms with Crippen LogP contribution in [0.4, 0.5) is 5.69 Å². The average Bonchev–Trinajstić information content (AvgIpc) is 2.61. The van der Waals surface area contributed by atoms with Gasteiger partial charge >= 0.3 is 11.8 Å². The van der Waals surface area contributed by atoms with Crippen molar-refractivity contribution in [2.75, 3.05) is 25.1 Å². The first-order valence-corrected chi connectivity index (χ1v) is 7.89. The molecule has 2 aromatic rings. The van der Waals surface area contributed by atoms with Crippen LogP contribution in [0.1, 0.15) is 11.1 Å². The molecule has 1 fully saturated rings. The zero-order chi connectivity index (χ0) is 17.1. The van der Waals surface area contributed by atoms with Crippen LogP contribution in [0.5, 0.6) is 5.75 Å². The number of rotatable bonds is 4. The van der Waals surface area contributed by atoms with Crippen molar-refractivity contribution in [1.82, 2.24) is 4.90 Å². The number of carbonyl (C=O) groups excluding carboxylic acids is 2. The first kappa shape index (κ1) is 16.1. The standard InChI is InChI=1S/C19H20N2O3/c1-14-7-9-15(10-8-14)13-20-11-12-21(19(23)18(20)22)16-5-3-4-6-17(16)24-2/h3-10H,11-13H2,1-2H3. The van der Waals surface area contributed by atoms with Gasteiger partial charge < -0.3 is 9.64 Å². The quantitative estimate of drug-likeness (QED) is 0.811. The van der Waals surface area contributed by atoms with E-state index in [0.29, 0.717) is 31.1 Å². The van der Waals surface area contributed by atoms with Crippen molar-refractivity contribution in [3.63, 3.8) is 0 Å². The molecule has 24 heavy (non-hydrogen) atoms. The van der Waals surface area contributed by atoms with Crippen LogP contribution < -0.4 is 9.64 Å². The fourth-order valence-corrected chi connectivity index (χ4v) is 2.82. The maximum absolute atomic E-state index is 12.5. The van der Waals surface area contributed by atoms with Crippen molar-refractivity contribution in [3.8, 4) is 5.75 Å². The minimum Gasteiger partial charge on any atom is -0.495 e. The van der Waals surface area contributed by atoms with E-state index in [-0.39, 0.29) is 0 Å². The zero-order valence-corrected chi connectivity index (χ0v) is 13.9. The van der Waals surface area contributed by atoms with E-state index in [1.807, 2.05) is 43.3 Å². The van der Waals surface area contributed by atoms with Gasteiger partial charge in [-0.3, -0.25) is 14.5 Å². The Kier molecular flexibility index (Phi) is 4.51. The van der Waals surface area contributed by atoms with Crippen molar-refractivity contribution in [2.45, 2.75) is 13.5 Å². The highest BCUT2D eigenvalue weighted by atomic mass is 16.5. The van der Waals surface area contributed by atoms with E-state index in [0.717, 1.165) is 5.56 Å². The lowest BCUT2D eigenvalue weighted by Gasteiger charge is -2.34. The van der Waals surface area contributed by atoms with E-state index in [2.05, 4.69) is 0 Å². The van der Waals surface area contributed by atoms with Gasteiger partial charge in [0.15, 0.2) is 0 Å². The molecule has 3 rings (SSSR count). The molecule has 0 radical (unpaired) electrons. The van der Waals surface area contributed by atoms with Crippen molar-refractivity contribution in [1.29, 1.82) is 0 Å². The molecule has 0 N–H and O–H groups in total. The molecule has 0 bridgehead atoms. The van der Waals surface area contributed by atoms with E-state index in [4.69, 9.17) is 4.74 Å². The van der Waals surface area contributed by atoms with Gasteiger partial charge in [0.2, 0.25) is 0 Å². The third-order valence-corrected chi connectivity index (χ3v) is 4.18. The number of hydrogen-bond acceptors (Lipinski definition) is 3. The van der Waals surface area contributed by atoms with E-state index >= 15 is 0 Å². The third-order valence-electron chi connectivity index (χ3n) is 4.18. The summed E-state index contributed by atoms with van der Waals surface area (Å²) in [6, 6.07) is 15.2. The molecule has 0 aliphatic carbocycles. The Hall–Kier alpha value is -2.82. The van der Waals surface area contributed by atoms with Crippen LogP contribution in [-0.2, 0) is 16.1 Å². The molecular weight excluding hydrogens is 304 g/mol. The third kappa shape index (κ3) is 3.11. The number of carbonyl (C=O) groups is 2. The molecule has 124 valence electrons. The van der Waals surface area contributed by atoms with Gasteiger partial charge in [0.25, 0.3) is 0 Å². The normalized spacial score (nSPS) is 14.9. The van der Waals surface area contributed by atoms with E-state index in [9.17, 15) is 9.59 Å². The Bertz CT molecular complexity index is 755. The molecule has 5 nitrogen and oxygen atoms in total. The van der Waals surface area contributed by atoms with Crippen LogP contribution in [0.25, 0.3) is 0 Å². The number of anilines is 1. The summed E-state index contributed by atoms with van der Waals surface area (Å²) in [6.45, 7) is 3.42. The van der Waals surface area contributed by atoms with Gasteiger partial charge in [0.05, 0.1) is 12.8 Å². The van der Waals surface area contributed by atoms with Gasteiger partial charge in [-0.15, -0.1) is 0 Å². The summed E-state index contributed by atoms with van der Waals surface area (Å²) in [7, 11) is 1.55. The molecule has 0 aromatic heterocycles. The molecule has 5 heteroatoms. The Labute approximate surface area is 141 Å². The van der Waals surface area contributed by atoms with Crippen molar-refractivity contribution in [3.05, 3.63) is 59.7 Å². The molecule has 1 saturated heterocycles. The molecule has 0 unspecified atom stereocenters. The monoisotopic (exact) mass is 324 g/mol. The number of piperazine rings is 1. The van der Waals surface area contributed by atoms with Crippen molar-refractivity contribution >= 4 is 17.5 Å². The van der Waals surface area contributed by atoms with Crippen molar-refractivity contribution in [2.24, 2.45) is 0 Å². The number of para-hydroxylation sites is 2. The number of nitrogens with zero attached hydrogens (tertiary/aromatic N) is 2. The maximum Gasteiger partial charge on any atom is 0.316 e. The lowest BCUT2D eigenvalue weighted by atomic mass is 10.1. The van der Waals surface area contributed by atoms with Crippen molar-refractivity contribution < 1.29 is 14.3 Å². The average molecular weight is 324 g/mol. The second kappa shape index (κ2) is 6.74. The summed E-state index contributed by atoms with van der Waals surface area (Å²) in [5.74, 6) is -0.406. The molecule has 0 saturated carbocycles. The SMILES string of the molecule is COc1ccccc1N1CCN(Cc2ccc(C)cc2)C(=O)C1=O. The fourth-order valence-electron chi connectivity index (χ4n) is 2.82. The number of methoxy groups -OCH3 is 1. The van der Waals surface area contributed by atoms with Gasteiger partial charge in [-0.2, -0.15) is 0 Å². The number of ether oxygens (including phenoxy) is 1. The van der Waals surface area contributed by atoms with Gasteiger partial charge in [0.1, 0.15) is 5.75 Å². The summed E-state index contributed by atoms with van der Waals surface area (Å²) in [6.07, 6.45) is 0. The highest BCUT2D eigenvalue weighted by Gasteiger charge is 2.34. The Morgan fingerprint density at radius 3 is 2.38 bits per heavy atom. The topological polar surface area (TPSA) is 49.9 Å². The van der Waals surface area contributed by atoms with Crippen LogP contribution in [0.2, 0.25) is 0 Å². The summed E-state index contributed by atoms with van der Waals surface area (Å²) in [5, 5.41) is 0. The Morgan fingerprint density at radius 1 is 0.958 bits per heavy atom. The number of hydrogen-bond donors (Lipinski definition) is 0. The number of aryl methyl sites for hydroxylation is 1. The van der Waals surface area contributed by atoms with Crippen LogP contribution >= 0.6 is 0 Å². The second-order valence-corrected chi connectivity index (χ2v) is 5.84. The van der Waals surface area contributed by atoms with Crippen LogP contribution in [0, 0.1) is 6.92 Å². The fraction of sp³-hybridized carbons (Fsp3) is 0.263. The minimum absolute atomic E-state index is 0.449. The second-order valence-electron chi connectivity index (χ2n) is 5.84.